The topological polar surface area (TPSA) is 61.9 Å². The van der Waals surface area contributed by atoms with Crippen LogP contribution in [0.15, 0.2) is 18.2 Å². The van der Waals surface area contributed by atoms with Crippen LogP contribution < -0.4 is 10.1 Å². The standard InChI is InChI=1S/C17H25N3O3/c1-19(2)17(22)14-10-13(7-8-15(14)23-4)18-16(21)12-6-5-9-20(3)11-12/h7-8,10,12H,5-6,9,11H2,1-4H3,(H,18,21). The van der Waals surface area contributed by atoms with Gasteiger partial charge in [-0.2, -0.15) is 0 Å². The molecule has 1 N–H and O–H groups in total. The first-order valence-electron chi connectivity index (χ1n) is 7.81. The van der Waals surface area contributed by atoms with E-state index in [-0.39, 0.29) is 17.7 Å². The van der Waals surface area contributed by atoms with Crippen molar-refractivity contribution in [2.45, 2.75) is 12.8 Å². The van der Waals surface area contributed by atoms with E-state index in [9.17, 15) is 9.59 Å². The number of ether oxygens (including phenoxy) is 1. The van der Waals surface area contributed by atoms with Gasteiger partial charge in [0.15, 0.2) is 0 Å². The van der Waals surface area contributed by atoms with E-state index in [0.29, 0.717) is 17.0 Å². The van der Waals surface area contributed by atoms with E-state index in [0.717, 1.165) is 25.9 Å². The minimum Gasteiger partial charge on any atom is -0.496 e. The number of carbonyl (C=O) groups excluding carboxylic acids is 2. The maximum Gasteiger partial charge on any atom is 0.257 e. The lowest BCUT2D eigenvalue weighted by atomic mass is 9.97. The minimum atomic E-state index is -0.157. The second-order valence-electron chi connectivity index (χ2n) is 6.21. The molecule has 0 spiro atoms. The zero-order valence-corrected chi connectivity index (χ0v) is 14.3. The third kappa shape index (κ3) is 4.22. The molecule has 0 saturated carbocycles. The maximum atomic E-state index is 12.4. The number of piperidine rings is 1. The molecule has 0 radical (unpaired) electrons. The highest BCUT2D eigenvalue weighted by Crippen LogP contribution is 2.25. The molecule has 2 amide bonds. The number of likely N-dealkylation sites (tertiary alicyclic amines) is 1. The van der Waals surface area contributed by atoms with Gasteiger partial charge in [-0.1, -0.05) is 0 Å². The quantitative estimate of drug-likeness (QED) is 0.917. The SMILES string of the molecule is COc1ccc(NC(=O)C2CCCN(C)C2)cc1C(=O)N(C)C. The first kappa shape index (κ1) is 17.3. The van der Waals surface area contributed by atoms with E-state index in [1.807, 2.05) is 7.05 Å². The van der Waals surface area contributed by atoms with Crippen molar-refractivity contribution in [1.29, 1.82) is 0 Å². The third-order valence-corrected chi connectivity index (χ3v) is 4.10. The molecule has 1 fully saturated rings. The highest BCUT2D eigenvalue weighted by Gasteiger charge is 2.24. The second kappa shape index (κ2) is 7.46. The third-order valence-electron chi connectivity index (χ3n) is 4.10. The number of anilines is 1. The summed E-state index contributed by atoms with van der Waals surface area (Å²) in [5.74, 6) is 0.336. The first-order valence-corrected chi connectivity index (χ1v) is 7.81. The zero-order valence-electron chi connectivity index (χ0n) is 14.3. The number of nitrogens with zero attached hydrogens (tertiary/aromatic N) is 2. The number of hydrogen-bond acceptors (Lipinski definition) is 4. The van der Waals surface area contributed by atoms with E-state index in [1.54, 1.807) is 32.3 Å². The Kier molecular flexibility index (Phi) is 5.60. The summed E-state index contributed by atoms with van der Waals surface area (Å²) in [6, 6.07) is 5.14. The van der Waals surface area contributed by atoms with Crippen LogP contribution in [0.2, 0.25) is 0 Å². The van der Waals surface area contributed by atoms with Crippen molar-refractivity contribution < 1.29 is 14.3 Å². The van der Waals surface area contributed by atoms with Crippen molar-refractivity contribution in [2.24, 2.45) is 5.92 Å². The van der Waals surface area contributed by atoms with Crippen LogP contribution in [0.3, 0.4) is 0 Å². The van der Waals surface area contributed by atoms with Gasteiger partial charge in [0.25, 0.3) is 5.91 Å². The number of benzene rings is 1. The van der Waals surface area contributed by atoms with E-state index >= 15 is 0 Å². The van der Waals surface area contributed by atoms with Crippen molar-refractivity contribution in [1.82, 2.24) is 9.80 Å². The lowest BCUT2D eigenvalue weighted by Gasteiger charge is -2.28. The summed E-state index contributed by atoms with van der Waals surface area (Å²) in [5.41, 5.74) is 1.06. The van der Waals surface area contributed by atoms with Crippen LogP contribution >= 0.6 is 0 Å². The Balaban J connectivity index is 2.15. The molecule has 1 unspecified atom stereocenters. The van der Waals surface area contributed by atoms with E-state index in [1.165, 1.54) is 12.0 Å². The van der Waals surface area contributed by atoms with Crippen molar-refractivity contribution in [3.8, 4) is 5.75 Å². The van der Waals surface area contributed by atoms with Crippen LogP contribution in [0, 0.1) is 5.92 Å². The van der Waals surface area contributed by atoms with Crippen LogP contribution in [-0.4, -0.2) is 63.0 Å². The fraction of sp³-hybridized carbons (Fsp3) is 0.529. The van der Waals surface area contributed by atoms with Gasteiger partial charge < -0.3 is 19.9 Å². The smallest absolute Gasteiger partial charge is 0.257 e. The molecule has 2 rings (SSSR count). The molecule has 1 atom stereocenters. The van der Waals surface area contributed by atoms with Crippen molar-refractivity contribution in [3.05, 3.63) is 23.8 Å². The van der Waals surface area contributed by atoms with Crippen molar-refractivity contribution in [2.75, 3.05) is 46.7 Å². The lowest BCUT2D eigenvalue weighted by molar-refractivity contribution is -0.121. The van der Waals surface area contributed by atoms with Gasteiger partial charge >= 0.3 is 0 Å². The number of nitrogens with one attached hydrogen (secondary N) is 1. The van der Waals surface area contributed by atoms with Crippen LogP contribution in [-0.2, 0) is 4.79 Å². The average Bonchev–Trinajstić information content (AvgIpc) is 2.53. The fourth-order valence-corrected chi connectivity index (χ4v) is 2.82. The van der Waals surface area contributed by atoms with Gasteiger partial charge in [-0.3, -0.25) is 9.59 Å². The van der Waals surface area contributed by atoms with Gasteiger partial charge in [0, 0.05) is 26.3 Å². The summed E-state index contributed by atoms with van der Waals surface area (Å²) in [5, 5.41) is 2.93. The number of carbonyl (C=O) groups is 2. The molecular formula is C17H25N3O3. The second-order valence-corrected chi connectivity index (χ2v) is 6.21. The minimum absolute atomic E-state index is 0.00460. The Morgan fingerprint density at radius 3 is 2.70 bits per heavy atom. The molecule has 126 valence electrons. The summed E-state index contributed by atoms with van der Waals surface area (Å²) in [7, 11) is 6.92. The Bertz CT molecular complexity index is 586. The lowest BCUT2D eigenvalue weighted by Crippen LogP contribution is -2.38. The Morgan fingerprint density at radius 2 is 2.09 bits per heavy atom. The van der Waals surface area contributed by atoms with Gasteiger partial charge in [-0.15, -0.1) is 0 Å². The zero-order chi connectivity index (χ0) is 17.0. The van der Waals surface area contributed by atoms with Gasteiger partial charge in [-0.25, -0.2) is 0 Å². The van der Waals surface area contributed by atoms with Crippen LogP contribution in [0.4, 0.5) is 5.69 Å². The predicted octanol–water partition coefficient (Wildman–Crippen LogP) is 1.68. The van der Waals surface area contributed by atoms with Crippen LogP contribution in [0.1, 0.15) is 23.2 Å². The largest absolute Gasteiger partial charge is 0.496 e. The summed E-state index contributed by atoms with van der Waals surface area (Å²) < 4.78 is 5.24. The molecule has 1 aromatic carbocycles. The molecule has 0 bridgehead atoms. The molecule has 1 aromatic rings. The van der Waals surface area contributed by atoms with Gasteiger partial charge in [0.1, 0.15) is 5.75 Å². The average molecular weight is 319 g/mol. The molecule has 23 heavy (non-hydrogen) atoms. The molecule has 1 saturated heterocycles. The number of methoxy groups -OCH3 is 1. The van der Waals surface area contributed by atoms with E-state index in [4.69, 9.17) is 4.74 Å². The molecule has 6 heteroatoms. The Morgan fingerprint density at radius 1 is 1.35 bits per heavy atom. The van der Waals surface area contributed by atoms with Crippen LogP contribution in [0.25, 0.3) is 0 Å². The fourth-order valence-electron chi connectivity index (χ4n) is 2.82. The van der Waals surface area contributed by atoms with Crippen molar-refractivity contribution in [3.63, 3.8) is 0 Å². The summed E-state index contributed by atoms with van der Waals surface area (Å²) in [4.78, 5) is 28.3. The summed E-state index contributed by atoms with van der Waals surface area (Å²) >= 11 is 0. The molecule has 0 aromatic heterocycles. The van der Waals surface area contributed by atoms with Crippen LogP contribution in [0.5, 0.6) is 5.75 Å². The molecular weight excluding hydrogens is 294 g/mol. The maximum absolute atomic E-state index is 12.4. The monoisotopic (exact) mass is 319 g/mol. The molecule has 1 aliphatic rings. The number of amides is 2. The van der Waals surface area contributed by atoms with Gasteiger partial charge in [0.05, 0.1) is 18.6 Å². The molecule has 0 aliphatic carbocycles. The van der Waals surface area contributed by atoms with E-state index < -0.39 is 0 Å². The molecule has 1 heterocycles. The summed E-state index contributed by atoms with van der Waals surface area (Å²) in [6.07, 6.45) is 1.93. The summed E-state index contributed by atoms with van der Waals surface area (Å²) in [6.45, 7) is 1.80. The normalized spacial score (nSPS) is 18.3. The van der Waals surface area contributed by atoms with E-state index in [2.05, 4.69) is 10.2 Å². The first-order chi connectivity index (χ1) is 10.9. The molecule has 6 nitrogen and oxygen atoms in total. The number of rotatable bonds is 4. The van der Waals surface area contributed by atoms with Crippen molar-refractivity contribution >= 4 is 17.5 Å². The predicted molar refractivity (Wildman–Crippen MR) is 89.9 cm³/mol. The molecule has 1 aliphatic heterocycles. The Hall–Kier alpha value is -2.08. The highest BCUT2D eigenvalue weighted by molar-refractivity contribution is 5.99. The Labute approximate surface area is 137 Å². The van der Waals surface area contributed by atoms with Gasteiger partial charge in [0.2, 0.25) is 5.91 Å². The number of hydrogen-bond donors (Lipinski definition) is 1. The highest BCUT2D eigenvalue weighted by atomic mass is 16.5. The van der Waals surface area contributed by atoms with Gasteiger partial charge in [-0.05, 0) is 44.6 Å².